The number of aromatic nitrogens is 1. The van der Waals surface area contributed by atoms with Gasteiger partial charge >= 0.3 is 6.18 Å². The van der Waals surface area contributed by atoms with Crippen LogP contribution in [0.3, 0.4) is 0 Å². The fourth-order valence-corrected chi connectivity index (χ4v) is 3.20. The summed E-state index contributed by atoms with van der Waals surface area (Å²) < 4.78 is 50.8. The van der Waals surface area contributed by atoms with Crippen molar-refractivity contribution < 1.29 is 22.4 Å². The third-order valence-corrected chi connectivity index (χ3v) is 4.19. The number of carbonyl (C=O) groups is 1. The molecule has 1 aromatic heterocycles. The van der Waals surface area contributed by atoms with Gasteiger partial charge in [-0.25, -0.2) is 4.98 Å². The Morgan fingerprint density at radius 2 is 2.09 bits per heavy atom. The molecule has 1 N–H and O–H groups in total. The predicted molar refractivity (Wildman–Crippen MR) is 69.6 cm³/mol. The molecule has 3 rings (SSSR count). The molecule has 4 nitrogen and oxygen atoms in total. The molecule has 0 saturated carbocycles. The number of pyridine rings is 1. The van der Waals surface area contributed by atoms with Crippen LogP contribution in [0.15, 0.2) is 12.1 Å². The van der Waals surface area contributed by atoms with Gasteiger partial charge in [0, 0.05) is 19.1 Å². The van der Waals surface area contributed by atoms with E-state index in [0.29, 0.717) is 18.5 Å². The van der Waals surface area contributed by atoms with Crippen molar-refractivity contribution >= 4 is 5.91 Å². The maximum atomic E-state index is 13.4. The summed E-state index contributed by atoms with van der Waals surface area (Å²) in [4.78, 5) is 17.4. The summed E-state index contributed by atoms with van der Waals surface area (Å²) in [6, 6.07) is 1.38. The number of amides is 1. The molecule has 3 atom stereocenters. The Hall–Kier alpha value is -1.70. The lowest BCUT2D eigenvalue weighted by Crippen LogP contribution is -2.47. The Morgan fingerprint density at radius 1 is 1.32 bits per heavy atom. The minimum absolute atomic E-state index is 0.0686. The molecule has 8 heteroatoms. The zero-order valence-electron chi connectivity index (χ0n) is 11.7. The van der Waals surface area contributed by atoms with Gasteiger partial charge in [0.25, 0.3) is 5.91 Å². The number of rotatable bonds is 2. The smallest absolute Gasteiger partial charge is 0.347 e. The lowest BCUT2D eigenvalue weighted by Gasteiger charge is -2.30. The standard InChI is InChI=1S/C14H15F4N3O/c15-12-10(14(16,17)18)1-2-11(20-12)13(22)19-9-5-8-3-4-21(6-8)7-9/h1-2,8-9H,3-7H2,(H,19,22)/t8-,9-/m1/s1. The highest BCUT2D eigenvalue weighted by Crippen LogP contribution is 2.30. The van der Waals surface area contributed by atoms with Crippen LogP contribution in [0.25, 0.3) is 0 Å². The fourth-order valence-electron chi connectivity index (χ4n) is 3.20. The summed E-state index contributed by atoms with van der Waals surface area (Å²) in [7, 11) is 0. The molecule has 2 aliphatic heterocycles. The number of fused-ring (bicyclic) bond motifs is 2. The molecule has 0 aromatic carbocycles. The van der Waals surface area contributed by atoms with Crippen LogP contribution in [0.2, 0.25) is 0 Å². The van der Waals surface area contributed by atoms with E-state index in [-0.39, 0.29) is 11.7 Å². The first kappa shape index (κ1) is 15.2. The Bertz CT molecular complexity index is 578. The highest BCUT2D eigenvalue weighted by Gasteiger charge is 2.36. The van der Waals surface area contributed by atoms with Crippen LogP contribution in [0.5, 0.6) is 0 Å². The van der Waals surface area contributed by atoms with Gasteiger partial charge in [-0.1, -0.05) is 0 Å². The second-order valence-electron chi connectivity index (χ2n) is 5.85. The van der Waals surface area contributed by atoms with Crippen molar-refractivity contribution in [1.29, 1.82) is 0 Å². The summed E-state index contributed by atoms with van der Waals surface area (Å²) in [5.41, 5.74) is -1.80. The van der Waals surface area contributed by atoms with Crippen LogP contribution in [0.4, 0.5) is 17.6 Å². The minimum Gasteiger partial charge on any atom is -0.347 e. The number of piperidine rings is 1. The van der Waals surface area contributed by atoms with E-state index in [1.165, 1.54) is 0 Å². The third kappa shape index (κ3) is 3.06. The Morgan fingerprint density at radius 3 is 2.73 bits per heavy atom. The normalized spacial score (nSPS) is 27.7. The van der Waals surface area contributed by atoms with Crippen LogP contribution in [0.1, 0.15) is 28.9 Å². The van der Waals surface area contributed by atoms with E-state index >= 15 is 0 Å². The summed E-state index contributed by atoms with van der Waals surface area (Å²) in [5, 5.41) is 2.73. The van der Waals surface area contributed by atoms with Crippen molar-refractivity contribution in [3.8, 4) is 0 Å². The molecule has 0 radical (unpaired) electrons. The zero-order chi connectivity index (χ0) is 15.9. The summed E-state index contributed by atoms with van der Waals surface area (Å²) >= 11 is 0. The predicted octanol–water partition coefficient (Wildman–Crippen LogP) is 2.06. The molecule has 0 spiro atoms. The van der Waals surface area contributed by atoms with Gasteiger partial charge in [-0.3, -0.25) is 4.79 Å². The lowest BCUT2D eigenvalue weighted by atomic mass is 9.97. The SMILES string of the molecule is O=C(N[C@@H]1C[C@H]2CCN(C2)C1)c1ccc(C(F)(F)F)c(F)n1. The highest BCUT2D eigenvalue weighted by molar-refractivity contribution is 5.92. The maximum absolute atomic E-state index is 13.4. The number of hydrogen-bond acceptors (Lipinski definition) is 3. The number of hydrogen-bond donors (Lipinski definition) is 1. The fraction of sp³-hybridized carbons (Fsp3) is 0.571. The van der Waals surface area contributed by atoms with E-state index in [4.69, 9.17) is 0 Å². The van der Waals surface area contributed by atoms with Crippen molar-refractivity contribution in [3.05, 3.63) is 29.3 Å². The van der Waals surface area contributed by atoms with Gasteiger partial charge in [-0.15, -0.1) is 0 Å². The van der Waals surface area contributed by atoms with Gasteiger partial charge in [-0.05, 0) is 37.4 Å². The van der Waals surface area contributed by atoms with Crippen molar-refractivity contribution in [2.24, 2.45) is 5.92 Å². The highest BCUT2D eigenvalue weighted by atomic mass is 19.4. The van der Waals surface area contributed by atoms with Crippen molar-refractivity contribution in [2.45, 2.75) is 25.1 Å². The zero-order valence-corrected chi connectivity index (χ0v) is 11.7. The van der Waals surface area contributed by atoms with Gasteiger partial charge in [0.05, 0.1) is 0 Å². The molecule has 2 bridgehead atoms. The van der Waals surface area contributed by atoms with E-state index in [2.05, 4.69) is 15.2 Å². The van der Waals surface area contributed by atoms with Gasteiger partial charge in [-0.2, -0.15) is 17.6 Å². The van der Waals surface area contributed by atoms with E-state index in [9.17, 15) is 22.4 Å². The lowest BCUT2D eigenvalue weighted by molar-refractivity contribution is -0.140. The summed E-state index contributed by atoms with van der Waals surface area (Å²) in [6.07, 6.45) is -2.88. The molecule has 2 fully saturated rings. The molecule has 1 amide bonds. The molecule has 2 aliphatic rings. The molecule has 120 valence electrons. The number of halogens is 4. The quantitative estimate of drug-likeness (QED) is 0.671. The van der Waals surface area contributed by atoms with E-state index in [1.807, 2.05) is 0 Å². The van der Waals surface area contributed by atoms with Gasteiger partial charge in [0.2, 0.25) is 5.95 Å². The topological polar surface area (TPSA) is 45.2 Å². The van der Waals surface area contributed by atoms with E-state index in [0.717, 1.165) is 32.0 Å². The average Bonchev–Trinajstić information content (AvgIpc) is 2.76. The number of alkyl halides is 3. The Kier molecular flexibility index (Phi) is 3.80. The molecular weight excluding hydrogens is 302 g/mol. The number of nitrogens with one attached hydrogen (secondary N) is 1. The summed E-state index contributed by atoms with van der Waals surface area (Å²) in [6.45, 7) is 2.75. The Balaban J connectivity index is 1.69. The molecule has 3 heterocycles. The molecule has 0 aliphatic carbocycles. The summed E-state index contributed by atoms with van der Waals surface area (Å²) in [5.74, 6) is -1.77. The van der Waals surface area contributed by atoms with Crippen LogP contribution < -0.4 is 5.32 Å². The molecular formula is C14H15F4N3O. The monoisotopic (exact) mass is 317 g/mol. The van der Waals surface area contributed by atoms with Gasteiger partial charge in [0.15, 0.2) is 0 Å². The van der Waals surface area contributed by atoms with Gasteiger partial charge in [0.1, 0.15) is 11.3 Å². The second-order valence-corrected chi connectivity index (χ2v) is 5.85. The molecule has 1 aromatic rings. The first-order chi connectivity index (χ1) is 10.3. The second kappa shape index (κ2) is 5.49. The first-order valence-corrected chi connectivity index (χ1v) is 7.10. The van der Waals surface area contributed by atoms with Crippen LogP contribution in [-0.4, -0.2) is 41.5 Å². The number of carbonyl (C=O) groups excluding carboxylic acids is 1. The van der Waals surface area contributed by atoms with E-state index in [1.54, 1.807) is 0 Å². The number of nitrogens with zero attached hydrogens (tertiary/aromatic N) is 2. The van der Waals surface area contributed by atoms with Crippen molar-refractivity contribution in [3.63, 3.8) is 0 Å². The molecule has 22 heavy (non-hydrogen) atoms. The largest absolute Gasteiger partial charge is 0.420 e. The minimum atomic E-state index is -4.82. The Labute approximate surface area is 124 Å². The van der Waals surface area contributed by atoms with E-state index < -0.39 is 23.6 Å². The first-order valence-electron chi connectivity index (χ1n) is 7.10. The van der Waals surface area contributed by atoms with Crippen LogP contribution in [0, 0.1) is 11.9 Å². The molecule has 1 unspecified atom stereocenters. The van der Waals surface area contributed by atoms with Gasteiger partial charge < -0.3 is 10.2 Å². The van der Waals surface area contributed by atoms with Crippen molar-refractivity contribution in [2.75, 3.05) is 19.6 Å². The average molecular weight is 317 g/mol. The maximum Gasteiger partial charge on any atom is 0.420 e. The van der Waals surface area contributed by atoms with Crippen LogP contribution in [-0.2, 0) is 6.18 Å². The van der Waals surface area contributed by atoms with Crippen molar-refractivity contribution in [1.82, 2.24) is 15.2 Å². The van der Waals surface area contributed by atoms with Crippen LogP contribution >= 0.6 is 0 Å². The third-order valence-electron chi connectivity index (χ3n) is 4.19. The molecule has 2 saturated heterocycles.